The Balaban J connectivity index is 2.27. The van der Waals surface area contributed by atoms with Crippen molar-refractivity contribution in [3.63, 3.8) is 0 Å². The summed E-state index contributed by atoms with van der Waals surface area (Å²) in [6, 6.07) is 7.93. The summed E-state index contributed by atoms with van der Waals surface area (Å²) >= 11 is 5.95. The van der Waals surface area contributed by atoms with E-state index in [0.717, 1.165) is 4.90 Å². The Bertz CT molecular complexity index is 815. The fourth-order valence-corrected chi connectivity index (χ4v) is 2.60. The van der Waals surface area contributed by atoms with Crippen molar-refractivity contribution < 1.29 is 14.7 Å². The second-order valence-corrected chi connectivity index (χ2v) is 5.22. The van der Waals surface area contributed by atoms with Crippen molar-refractivity contribution in [2.24, 2.45) is 0 Å². The number of carbonyl (C=O) groups is 2. The van der Waals surface area contributed by atoms with E-state index in [0.29, 0.717) is 21.8 Å². The lowest BCUT2D eigenvalue weighted by molar-refractivity contribution is -0.122. The smallest absolute Gasteiger partial charge is 0.269 e. The molecule has 0 bridgehead atoms. The average molecular weight is 315 g/mol. The minimum absolute atomic E-state index is 0.0769. The Morgan fingerprint density at radius 2 is 1.91 bits per heavy atom. The van der Waals surface area contributed by atoms with Crippen LogP contribution in [0.2, 0.25) is 5.02 Å². The number of benzene rings is 1. The van der Waals surface area contributed by atoms with Gasteiger partial charge >= 0.3 is 0 Å². The zero-order chi connectivity index (χ0) is 15.9. The number of halogens is 1. The molecule has 0 fully saturated rings. The van der Waals surface area contributed by atoms with Gasteiger partial charge in [0.15, 0.2) is 0 Å². The summed E-state index contributed by atoms with van der Waals surface area (Å²) < 4.78 is 0. The van der Waals surface area contributed by atoms with Crippen molar-refractivity contribution >= 4 is 40.4 Å². The van der Waals surface area contributed by atoms with Crippen LogP contribution in [0.5, 0.6) is 0 Å². The fourth-order valence-electron chi connectivity index (χ4n) is 2.43. The molecule has 2 aromatic rings. The van der Waals surface area contributed by atoms with E-state index in [2.05, 4.69) is 4.98 Å². The molecule has 1 N–H and O–H groups in total. The van der Waals surface area contributed by atoms with Crippen LogP contribution in [0.3, 0.4) is 0 Å². The third-order valence-electron chi connectivity index (χ3n) is 3.39. The monoisotopic (exact) mass is 314 g/mol. The van der Waals surface area contributed by atoms with E-state index in [-0.39, 0.29) is 11.3 Å². The van der Waals surface area contributed by atoms with E-state index in [9.17, 15) is 14.7 Å². The Hall–Kier alpha value is -2.66. The minimum atomic E-state index is -0.570. The Kier molecular flexibility index (Phi) is 3.42. The molecule has 1 aromatic carbocycles. The number of pyridine rings is 1. The maximum atomic E-state index is 12.6. The van der Waals surface area contributed by atoms with Crippen LogP contribution in [0.1, 0.15) is 18.1 Å². The summed E-state index contributed by atoms with van der Waals surface area (Å²) in [5.41, 5.74) is 1.37. The van der Waals surface area contributed by atoms with Crippen LogP contribution in [-0.4, -0.2) is 21.9 Å². The number of carbonyl (C=O) groups excluding carboxylic acids is 2. The van der Waals surface area contributed by atoms with E-state index >= 15 is 0 Å². The molecule has 0 saturated carbocycles. The molecule has 5 nitrogen and oxygen atoms in total. The molecule has 0 atom stereocenters. The van der Waals surface area contributed by atoms with E-state index in [1.165, 1.54) is 25.4 Å². The van der Waals surface area contributed by atoms with Gasteiger partial charge in [0, 0.05) is 35.5 Å². The zero-order valence-electron chi connectivity index (χ0n) is 11.6. The average Bonchev–Trinajstić information content (AvgIpc) is 2.78. The molecule has 0 radical (unpaired) electrons. The highest BCUT2D eigenvalue weighted by molar-refractivity contribution is 6.43. The van der Waals surface area contributed by atoms with Crippen molar-refractivity contribution in [3.05, 3.63) is 58.9 Å². The molecular weight excluding hydrogens is 304 g/mol. The highest BCUT2D eigenvalue weighted by Crippen LogP contribution is 2.41. The lowest BCUT2D eigenvalue weighted by atomic mass is 10.0. The van der Waals surface area contributed by atoms with Crippen molar-refractivity contribution in [1.82, 2.24) is 4.98 Å². The number of anilines is 1. The van der Waals surface area contributed by atoms with Gasteiger partial charge in [0.2, 0.25) is 5.91 Å². The van der Waals surface area contributed by atoms with Crippen LogP contribution in [0.4, 0.5) is 5.69 Å². The number of nitrogens with zero attached hydrogens (tertiary/aromatic N) is 2. The van der Waals surface area contributed by atoms with E-state index in [1.807, 2.05) is 0 Å². The first-order valence-electron chi connectivity index (χ1n) is 6.49. The first-order valence-corrected chi connectivity index (χ1v) is 6.87. The summed E-state index contributed by atoms with van der Waals surface area (Å²) in [6.07, 6.45) is 3.02. The molecule has 3 rings (SSSR count). The number of hydrogen-bond acceptors (Lipinski definition) is 4. The first-order chi connectivity index (χ1) is 10.5. The number of amides is 2. The lowest BCUT2D eigenvalue weighted by Gasteiger charge is -2.12. The van der Waals surface area contributed by atoms with E-state index < -0.39 is 11.8 Å². The summed E-state index contributed by atoms with van der Waals surface area (Å²) in [5, 5.41) is 10.9. The van der Waals surface area contributed by atoms with Gasteiger partial charge in [-0.3, -0.25) is 14.6 Å². The van der Waals surface area contributed by atoms with Crippen LogP contribution in [0.15, 0.2) is 42.7 Å². The minimum Gasteiger partial charge on any atom is -0.506 e. The topological polar surface area (TPSA) is 70.5 Å². The fraction of sp³-hybridized carbons (Fsp3) is 0.0625. The van der Waals surface area contributed by atoms with Gasteiger partial charge in [0.25, 0.3) is 5.91 Å². The van der Waals surface area contributed by atoms with Gasteiger partial charge in [-0.1, -0.05) is 17.7 Å². The molecule has 22 heavy (non-hydrogen) atoms. The molecule has 1 aromatic heterocycles. The number of imide groups is 1. The summed E-state index contributed by atoms with van der Waals surface area (Å²) in [6.45, 7) is 1.29. The lowest BCUT2D eigenvalue weighted by Crippen LogP contribution is -2.31. The van der Waals surface area contributed by atoms with Crippen molar-refractivity contribution in [2.75, 3.05) is 4.90 Å². The third kappa shape index (κ3) is 2.16. The van der Waals surface area contributed by atoms with Crippen LogP contribution in [0, 0.1) is 0 Å². The Labute approximate surface area is 131 Å². The molecule has 0 saturated heterocycles. The van der Waals surface area contributed by atoms with Gasteiger partial charge in [0.05, 0.1) is 11.3 Å². The quantitative estimate of drug-likeness (QED) is 0.648. The molecule has 0 spiro atoms. The maximum Gasteiger partial charge on any atom is 0.269 e. The van der Waals surface area contributed by atoms with Gasteiger partial charge in [-0.25, -0.2) is 4.90 Å². The molecular formula is C16H11ClN2O3. The van der Waals surface area contributed by atoms with Gasteiger partial charge < -0.3 is 5.11 Å². The van der Waals surface area contributed by atoms with E-state index in [1.54, 1.807) is 24.3 Å². The third-order valence-corrected chi connectivity index (χ3v) is 3.63. The number of aromatic nitrogens is 1. The van der Waals surface area contributed by atoms with Crippen molar-refractivity contribution in [2.45, 2.75) is 6.92 Å². The Morgan fingerprint density at radius 3 is 2.55 bits per heavy atom. The van der Waals surface area contributed by atoms with Gasteiger partial charge in [0.1, 0.15) is 5.76 Å². The van der Waals surface area contributed by atoms with Crippen LogP contribution < -0.4 is 4.90 Å². The van der Waals surface area contributed by atoms with Gasteiger partial charge in [-0.15, -0.1) is 0 Å². The predicted molar refractivity (Wildman–Crippen MR) is 83.3 cm³/mol. The maximum absolute atomic E-state index is 12.6. The van der Waals surface area contributed by atoms with Gasteiger partial charge in [-0.2, -0.15) is 0 Å². The number of fused-ring (bicyclic) bond motifs is 1. The van der Waals surface area contributed by atoms with Gasteiger partial charge in [-0.05, 0) is 24.3 Å². The second-order valence-electron chi connectivity index (χ2n) is 4.78. The molecule has 0 unspecified atom stereocenters. The van der Waals surface area contributed by atoms with Crippen LogP contribution >= 0.6 is 11.6 Å². The predicted octanol–water partition coefficient (Wildman–Crippen LogP) is 3.05. The number of aliphatic hydroxyl groups excluding tert-OH is 1. The Morgan fingerprint density at radius 1 is 1.23 bits per heavy atom. The summed E-state index contributed by atoms with van der Waals surface area (Å²) in [4.78, 5) is 29.2. The second kappa shape index (κ2) is 5.27. The highest BCUT2D eigenvalue weighted by Gasteiger charge is 2.37. The number of rotatable bonds is 1. The van der Waals surface area contributed by atoms with Crippen LogP contribution in [-0.2, 0) is 9.59 Å². The van der Waals surface area contributed by atoms with Crippen molar-refractivity contribution in [1.29, 1.82) is 0 Å². The van der Waals surface area contributed by atoms with Crippen LogP contribution in [0.25, 0.3) is 11.3 Å². The summed E-state index contributed by atoms with van der Waals surface area (Å²) in [7, 11) is 0. The summed E-state index contributed by atoms with van der Waals surface area (Å²) in [5.74, 6) is -1.20. The molecule has 2 heterocycles. The molecule has 1 aliphatic rings. The molecule has 2 amide bonds. The molecule has 110 valence electrons. The SMILES string of the molecule is CC(=O)N1C(=O)/C(=C(/O)c2ccncc2)c2ccc(Cl)cc21. The standard InChI is InChI=1S/C16H11ClN2O3/c1-9(20)19-13-8-11(17)2-3-12(13)14(16(19)22)15(21)10-4-6-18-7-5-10/h2-8,21H,1H3/b15-14+. The largest absolute Gasteiger partial charge is 0.506 e. The number of aliphatic hydroxyl groups is 1. The molecule has 1 aliphatic heterocycles. The molecule has 6 heteroatoms. The van der Waals surface area contributed by atoms with Crippen molar-refractivity contribution in [3.8, 4) is 0 Å². The first kappa shape index (κ1) is 14.3. The molecule has 0 aliphatic carbocycles. The number of hydrogen-bond donors (Lipinski definition) is 1. The van der Waals surface area contributed by atoms with E-state index in [4.69, 9.17) is 11.6 Å². The zero-order valence-corrected chi connectivity index (χ0v) is 12.3. The highest BCUT2D eigenvalue weighted by atomic mass is 35.5. The normalized spacial score (nSPS) is 15.7.